The molecule has 0 aromatic heterocycles. The third-order valence-electron chi connectivity index (χ3n) is 4.32. The Hall–Kier alpha value is -2.17. The predicted octanol–water partition coefficient (Wildman–Crippen LogP) is 2.93. The van der Waals surface area contributed by atoms with E-state index >= 15 is 0 Å². The van der Waals surface area contributed by atoms with Crippen molar-refractivity contribution in [1.29, 1.82) is 0 Å². The second-order valence-corrected chi connectivity index (χ2v) is 6.38. The summed E-state index contributed by atoms with van der Waals surface area (Å²) < 4.78 is 0. The van der Waals surface area contributed by atoms with Crippen molar-refractivity contribution >= 4 is 5.91 Å². The van der Waals surface area contributed by atoms with E-state index in [0.29, 0.717) is 19.1 Å². The highest BCUT2D eigenvalue weighted by molar-refractivity contribution is 5.72. The van der Waals surface area contributed by atoms with E-state index in [9.17, 15) is 4.79 Å². The third-order valence-corrected chi connectivity index (χ3v) is 4.32. The van der Waals surface area contributed by atoms with Gasteiger partial charge in [-0.05, 0) is 30.5 Å². The summed E-state index contributed by atoms with van der Waals surface area (Å²) in [6.07, 6.45) is 1.82. The van der Waals surface area contributed by atoms with Crippen LogP contribution < -0.4 is 11.1 Å². The summed E-state index contributed by atoms with van der Waals surface area (Å²) >= 11 is 0. The van der Waals surface area contributed by atoms with E-state index in [-0.39, 0.29) is 5.91 Å². The van der Waals surface area contributed by atoms with Crippen molar-refractivity contribution in [2.24, 2.45) is 5.73 Å². The van der Waals surface area contributed by atoms with E-state index in [1.165, 1.54) is 11.1 Å². The zero-order chi connectivity index (χ0) is 17.9. The molecule has 1 amide bonds. The highest BCUT2D eigenvalue weighted by atomic mass is 16.1. The lowest BCUT2D eigenvalue weighted by Crippen LogP contribution is -2.38. The second-order valence-electron chi connectivity index (χ2n) is 6.38. The van der Waals surface area contributed by atoms with Gasteiger partial charge < -0.3 is 11.1 Å². The molecule has 0 bridgehead atoms. The maximum Gasteiger partial charge on any atom is 0.216 e. The molecular weight excluding hydrogens is 310 g/mol. The smallest absolute Gasteiger partial charge is 0.216 e. The Kier molecular flexibility index (Phi) is 8.16. The van der Waals surface area contributed by atoms with Crippen molar-refractivity contribution < 1.29 is 4.79 Å². The molecular formula is C21H29N3O. The lowest BCUT2D eigenvalue weighted by atomic mass is 10.0. The van der Waals surface area contributed by atoms with E-state index in [2.05, 4.69) is 58.7 Å². The van der Waals surface area contributed by atoms with Crippen LogP contribution in [0.15, 0.2) is 60.7 Å². The van der Waals surface area contributed by atoms with Crippen molar-refractivity contribution in [1.82, 2.24) is 10.2 Å². The molecule has 2 aromatic carbocycles. The van der Waals surface area contributed by atoms with Gasteiger partial charge in [0.2, 0.25) is 5.91 Å². The van der Waals surface area contributed by atoms with E-state index < -0.39 is 0 Å². The van der Waals surface area contributed by atoms with Crippen molar-refractivity contribution in [3.05, 3.63) is 71.8 Å². The summed E-state index contributed by atoms with van der Waals surface area (Å²) in [5.74, 6) is 0.0177. The molecule has 0 aliphatic carbocycles. The first-order valence-electron chi connectivity index (χ1n) is 8.95. The number of nitrogens with two attached hydrogens (primary N) is 1. The number of carbonyl (C=O) groups excluding carboxylic acids is 1. The molecule has 0 fully saturated rings. The van der Waals surface area contributed by atoms with Gasteiger partial charge in [0.25, 0.3) is 0 Å². The summed E-state index contributed by atoms with van der Waals surface area (Å²) in [5.41, 5.74) is 8.45. The minimum absolute atomic E-state index is 0.0177. The number of hydrogen-bond acceptors (Lipinski definition) is 3. The molecule has 0 heterocycles. The van der Waals surface area contributed by atoms with Crippen LogP contribution in [0.4, 0.5) is 0 Å². The Balaban J connectivity index is 2.12. The lowest BCUT2D eigenvalue weighted by molar-refractivity contribution is -0.119. The molecule has 0 radical (unpaired) electrons. The Morgan fingerprint density at radius 3 is 1.92 bits per heavy atom. The molecule has 2 aromatic rings. The van der Waals surface area contributed by atoms with Gasteiger partial charge in [-0.25, -0.2) is 0 Å². The van der Waals surface area contributed by atoms with E-state index in [1.807, 2.05) is 12.1 Å². The standard InChI is InChI=1S/C21H29N3O/c1-18(25)23-15-13-21(12-14-22)24(16-19-8-4-2-5-9-19)17-20-10-6-3-7-11-20/h2-11,21H,12-17,22H2,1H3,(H,23,25)/t21-/m1/s1. The zero-order valence-corrected chi connectivity index (χ0v) is 15.0. The van der Waals surface area contributed by atoms with Crippen LogP contribution in [0.25, 0.3) is 0 Å². The molecule has 134 valence electrons. The van der Waals surface area contributed by atoms with E-state index in [0.717, 1.165) is 25.9 Å². The van der Waals surface area contributed by atoms with Crippen molar-refractivity contribution in [2.75, 3.05) is 13.1 Å². The van der Waals surface area contributed by atoms with Crippen LogP contribution in [-0.2, 0) is 17.9 Å². The zero-order valence-electron chi connectivity index (χ0n) is 15.0. The monoisotopic (exact) mass is 339 g/mol. The van der Waals surface area contributed by atoms with Gasteiger partial charge in [-0.2, -0.15) is 0 Å². The molecule has 0 aliphatic heterocycles. The van der Waals surface area contributed by atoms with Gasteiger partial charge in [0.15, 0.2) is 0 Å². The first kappa shape index (κ1) is 19.2. The van der Waals surface area contributed by atoms with Crippen molar-refractivity contribution in [3.63, 3.8) is 0 Å². The predicted molar refractivity (Wildman–Crippen MR) is 103 cm³/mol. The maximum atomic E-state index is 11.2. The van der Waals surface area contributed by atoms with Crippen molar-refractivity contribution in [3.8, 4) is 0 Å². The van der Waals surface area contributed by atoms with E-state index in [1.54, 1.807) is 6.92 Å². The number of amides is 1. The van der Waals surface area contributed by atoms with Crippen LogP contribution in [0.2, 0.25) is 0 Å². The van der Waals surface area contributed by atoms with Crippen LogP contribution >= 0.6 is 0 Å². The normalized spacial score (nSPS) is 12.1. The minimum Gasteiger partial charge on any atom is -0.356 e. The largest absolute Gasteiger partial charge is 0.356 e. The lowest BCUT2D eigenvalue weighted by Gasteiger charge is -2.32. The Morgan fingerprint density at radius 2 is 1.48 bits per heavy atom. The van der Waals surface area contributed by atoms with Gasteiger partial charge in [-0.3, -0.25) is 9.69 Å². The summed E-state index contributed by atoms with van der Waals surface area (Å²) in [7, 11) is 0. The summed E-state index contributed by atoms with van der Waals surface area (Å²) in [6.45, 7) is 4.63. The first-order chi connectivity index (χ1) is 12.2. The third kappa shape index (κ3) is 7.08. The summed E-state index contributed by atoms with van der Waals surface area (Å²) in [4.78, 5) is 13.7. The fraction of sp³-hybridized carbons (Fsp3) is 0.381. The summed E-state index contributed by atoms with van der Waals surface area (Å²) in [5, 5.41) is 2.91. The average molecular weight is 339 g/mol. The van der Waals surface area contributed by atoms with Crippen LogP contribution in [-0.4, -0.2) is 29.9 Å². The topological polar surface area (TPSA) is 58.4 Å². The Labute approximate surface area is 151 Å². The van der Waals surface area contributed by atoms with Gasteiger partial charge in [0.05, 0.1) is 0 Å². The van der Waals surface area contributed by atoms with E-state index in [4.69, 9.17) is 5.73 Å². The highest BCUT2D eigenvalue weighted by Gasteiger charge is 2.18. The van der Waals surface area contributed by atoms with Crippen LogP contribution in [0, 0.1) is 0 Å². The van der Waals surface area contributed by atoms with Crippen LogP contribution in [0.5, 0.6) is 0 Å². The minimum atomic E-state index is 0.0177. The van der Waals surface area contributed by atoms with Crippen LogP contribution in [0.3, 0.4) is 0 Å². The number of nitrogens with zero attached hydrogens (tertiary/aromatic N) is 1. The Morgan fingerprint density at radius 1 is 0.960 bits per heavy atom. The molecule has 0 saturated carbocycles. The molecule has 25 heavy (non-hydrogen) atoms. The number of benzene rings is 2. The molecule has 3 N–H and O–H groups in total. The molecule has 4 heteroatoms. The van der Waals surface area contributed by atoms with Gasteiger partial charge >= 0.3 is 0 Å². The van der Waals surface area contributed by atoms with Crippen LogP contribution in [0.1, 0.15) is 30.9 Å². The molecule has 0 saturated heterocycles. The fourth-order valence-corrected chi connectivity index (χ4v) is 3.07. The average Bonchev–Trinajstić information content (AvgIpc) is 2.62. The van der Waals surface area contributed by atoms with Gasteiger partial charge in [0.1, 0.15) is 0 Å². The SMILES string of the molecule is CC(=O)NCC[C@@H](CCN)N(Cc1ccccc1)Cc1ccccc1. The summed E-state index contributed by atoms with van der Waals surface area (Å²) in [6, 6.07) is 21.3. The van der Waals surface area contributed by atoms with Gasteiger partial charge in [-0.15, -0.1) is 0 Å². The van der Waals surface area contributed by atoms with Gasteiger partial charge in [0, 0.05) is 32.6 Å². The molecule has 4 nitrogen and oxygen atoms in total. The quantitative estimate of drug-likeness (QED) is 0.700. The number of nitrogens with one attached hydrogen (secondary N) is 1. The highest BCUT2D eigenvalue weighted by Crippen LogP contribution is 2.17. The molecule has 0 spiro atoms. The number of carbonyl (C=O) groups is 1. The maximum absolute atomic E-state index is 11.2. The Bertz CT molecular complexity index is 574. The molecule has 0 aliphatic rings. The second kappa shape index (κ2) is 10.6. The van der Waals surface area contributed by atoms with Crippen molar-refractivity contribution in [2.45, 2.75) is 38.9 Å². The molecule has 0 unspecified atom stereocenters. The number of hydrogen-bond donors (Lipinski definition) is 2. The molecule has 1 atom stereocenters. The number of rotatable bonds is 10. The fourth-order valence-electron chi connectivity index (χ4n) is 3.07. The molecule has 2 rings (SSSR count). The van der Waals surface area contributed by atoms with Gasteiger partial charge in [-0.1, -0.05) is 60.7 Å². The first-order valence-corrected chi connectivity index (χ1v) is 8.95.